The Balaban J connectivity index is 1.84. The van der Waals surface area contributed by atoms with E-state index in [1.54, 1.807) is 31.5 Å². The molecule has 6 aromatic rings. The van der Waals surface area contributed by atoms with E-state index < -0.39 is 34.4 Å². The molecular weight excluding hydrogens is 620 g/mol. The Hall–Kier alpha value is -5.34. The number of esters is 2. The molecule has 0 saturated heterocycles. The predicted octanol–water partition coefficient (Wildman–Crippen LogP) is 4.04. The van der Waals surface area contributed by atoms with E-state index >= 15 is 0 Å². The standard InChI is InChI=1S/C31H24N4O8S2/c1-5-43-29(39)17-9-7-11-19(35-27(37)21-15(3)13-45-25(21)33-31(35)41)23(17)22-16(28(38)42-4)8-6-10-18(22)34-26(36)20-14(2)12-44-24(20)32-30(34)40/h6-13H,5H2,1-4H3,(H,32,40)(H,33,41). The molecule has 228 valence electrons. The summed E-state index contributed by atoms with van der Waals surface area (Å²) in [6, 6.07) is 8.57. The lowest BCUT2D eigenvalue weighted by Gasteiger charge is -2.21. The van der Waals surface area contributed by atoms with Gasteiger partial charge in [0, 0.05) is 11.1 Å². The number of benzene rings is 2. The van der Waals surface area contributed by atoms with Crippen LogP contribution in [0.3, 0.4) is 0 Å². The van der Waals surface area contributed by atoms with Crippen molar-refractivity contribution in [3.05, 3.63) is 111 Å². The zero-order valence-corrected chi connectivity index (χ0v) is 25.9. The molecule has 0 spiro atoms. The fraction of sp³-hybridized carbons (Fsp3) is 0.161. The van der Waals surface area contributed by atoms with E-state index in [9.17, 15) is 28.8 Å². The monoisotopic (exact) mass is 644 g/mol. The number of hydrogen-bond donors (Lipinski definition) is 2. The van der Waals surface area contributed by atoms with Crippen LogP contribution in [0.1, 0.15) is 38.8 Å². The van der Waals surface area contributed by atoms with Gasteiger partial charge in [0.1, 0.15) is 9.66 Å². The molecule has 0 amide bonds. The third-order valence-corrected chi connectivity index (χ3v) is 9.37. The van der Waals surface area contributed by atoms with E-state index in [-0.39, 0.29) is 51.0 Å². The van der Waals surface area contributed by atoms with Crippen LogP contribution in [-0.2, 0) is 9.47 Å². The smallest absolute Gasteiger partial charge is 0.338 e. The molecule has 0 radical (unpaired) electrons. The SMILES string of the molecule is CCOC(=O)c1cccc(-n2c(=O)[nH]c3scc(C)c3c2=O)c1-c1c(C(=O)OC)cccc1-n1c(=O)[nH]c2scc(C)c2c1=O. The largest absolute Gasteiger partial charge is 0.465 e. The summed E-state index contributed by atoms with van der Waals surface area (Å²) in [7, 11) is 1.15. The van der Waals surface area contributed by atoms with Crippen LogP contribution >= 0.6 is 22.7 Å². The molecule has 12 nitrogen and oxygen atoms in total. The van der Waals surface area contributed by atoms with Crippen molar-refractivity contribution < 1.29 is 19.1 Å². The molecule has 2 aromatic carbocycles. The van der Waals surface area contributed by atoms with Crippen LogP contribution in [0.2, 0.25) is 0 Å². The lowest BCUT2D eigenvalue weighted by Crippen LogP contribution is -2.35. The number of thiophene rings is 2. The predicted molar refractivity (Wildman–Crippen MR) is 172 cm³/mol. The topological polar surface area (TPSA) is 162 Å². The number of carbonyl (C=O) groups is 2. The Morgan fingerprint density at radius 2 is 1.18 bits per heavy atom. The number of aromatic nitrogens is 4. The molecular formula is C31H24N4O8S2. The number of fused-ring (bicyclic) bond motifs is 2. The van der Waals surface area contributed by atoms with Crippen molar-refractivity contribution in [2.75, 3.05) is 13.7 Å². The van der Waals surface area contributed by atoms with Gasteiger partial charge in [0.05, 0.1) is 47.0 Å². The van der Waals surface area contributed by atoms with Crippen molar-refractivity contribution in [2.24, 2.45) is 0 Å². The molecule has 2 N–H and O–H groups in total. The first-order chi connectivity index (χ1) is 21.6. The van der Waals surface area contributed by atoms with Gasteiger partial charge in [-0.05, 0) is 66.9 Å². The lowest BCUT2D eigenvalue weighted by molar-refractivity contribution is 0.0525. The summed E-state index contributed by atoms with van der Waals surface area (Å²) in [4.78, 5) is 87.9. The number of aryl methyl sites for hydroxylation is 2. The van der Waals surface area contributed by atoms with Crippen LogP contribution < -0.4 is 22.5 Å². The second kappa shape index (κ2) is 11.3. The number of nitrogens with one attached hydrogen (secondary N) is 2. The fourth-order valence-electron chi connectivity index (χ4n) is 5.39. The number of rotatable bonds is 6. The minimum absolute atomic E-state index is 0.0121. The Bertz CT molecular complexity index is 2440. The summed E-state index contributed by atoms with van der Waals surface area (Å²) in [5.74, 6) is -1.69. The van der Waals surface area contributed by atoms with Gasteiger partial charge >= 0.3 is 23.3 Å². The highest BCUT2D eigenvalue weighted by molar-refractivity contribution is 7.17. The summed E-state index contributed by atoms with van der Waals surface area (Å²) >= 11 is 2.39. The molecule has 0 fully saturated rings. The van der Waals surface area contributed by atoms with E-state index in [4.69, 9.17) is 9.47 Å². The number of H-pyrrole nitrogens is 2. The van der Waals surface area contributed by atoms with Gasteiger partial charge in [-0.25, -0.2) is 28.3 Å². The lowest BCUT2D eigenvalue weighted by atomic mass is 9.91. The number of carbonyl (C=O) groups excluding carboxylic acids is 2. The van der Waals surface area contributed by atoms with Gasteiger partial charge < -0.3 is 9.47 Å². The van der Waals surface area contributed by atoms with Gasteiger partial charge in [-0.15, -0.1) is 22.7 Å². The molecule has 0 atom stereocenters. The Morgan fingerprint density at radius 3 is 1.60 bits per heavy atom. The van der Waals surface area contributed by atoms with Gasteiger partial charge in [0.25, 0.3) is 11.1 Å². The first kappa shape index (κ1) is 29.7. The van der Waals surface area contributed by atoms with Crippen LogP contribution in [0.25, 0.3) is 42.9 Å². The highest BCUT2D eigenvalue weighted by atomic mass is 32.1. The highest BCUT2D eigenvalue weighted by Gasteiger charge is 2.29. The summed E-state index contributed by atoms with van der Waals surface area (Å²) < 4.78 is 12.1. The molecule has 4 aromatic heterocycles. The van der Waals surface area contributed by atoms with E-state index in [1.165, 1.54) is 59.1 Å². The molecule has 6 rings (SSSR count). The quantitative estimate of drug-likeness (QED) is 0.257. The second-order valence-corrected chi connectivity index (χ2v) is 11.8. The summed E-state index contributed by atoms with van der Waals surface area (Å²) in [6.45, 7) is 5.05. The normalized spacial score (nSPS) is 11.3. The molecule has 0 unspecified atom stereocenters. The maximum Gasteiger partial charge on any atom is 0.338 e. The van der Waals surface area contributed by atoms with Crippen LogP contribution in [0.5, 0.6) is 0 Å². The van der Waals surface area contributed by atoms with Crippen molar-refractivity contribution in [2.45, 2.75) is 20.8 Å². The van der Waals surface area contributed by atoms with Crippen molar-refractivity contribution in [1.29, 1.82) is 0 Å². The Labute approximate surface area is 260 Å². The van der Waals surface area contributed by atoms with Gasteiger partial charge in [-0.1, -0.05) is 12.1 Å². The number of nitrogens with zero attached hydrogens (tertiary/aromatic N) is 2. The average Bonchev–Trinajstić information content (AvgIpc) is 3.58. The fourth-order valence-corrected chi connectivity index (χ4v) is 7.24. The van der Waals surface area contributed by atoms with Gasteiger partial charge in [-0.2, -0.15) is 0 Å². The van der Waals surface area contributed by atoms with E-state index in [0.717, 1.165) is 16.2 Å². The van der Waals surface area contributed by atoms with E-state index in [0.29, 0.717) is 20.8 Å². The third-order valence-electron chi connectivity index (χ3n) is 7.35. The van der Waals surface area contributed by atoms with Gasteiger partial charge in [-0.3, -0.25) is 19.6 Å². The zero-order chi connectivity index (χ0) is 32.2. The van der Waals surface area contributed by atoms with Crippen LogP contribution in [-0.4, -0.2) is 44.8 Å². The van der Waals surface area contributed by atoms with Crippen molar-refractivity contribution in [1.82, 2.24) is 19.1 Å². The maximum atomic E-state index is 13.9. The maximum absolute atomic E-state index is 13.9. The van der Waals surface area contributed by atoms with Crippen LogP contribution in [0, 0.1) is 13.8 Å². The number of methoxy groups -OCH3 is 1. The zero-order valence-electron chi connectivity index (χ0n) is 24.3. The molecule has 0 aliphatic heterocycles. The van der Waals surface area contributed by atoms with Crippen LogP contribution in [0.4, 0.5) is 0 Å². The van der Waals surface area contributed by atoms with Crippen LogP contribution in [0.15, 0.2) is 66.3 Å². The summed E-state index contributed by atoms with van der Waals surface area (Å²) in [5.41, 5.74) is -2.35. The second-order valence-electron chi connectivity index (χ2n) is 10.00. The summed E-state index contributed by atoms with van der Waals surface area (Å²) in [6.07, 6.45) is 0. The molecule has 0 bridgehead atoms. The minimum Gasteiger partial charge on any atom is -0.465 e. The molecule has 0 aliphatic carbocycles. The number of hydrogen-bond acceptors (Lipinski definition) is 10. The van der Waals surface area contributed by atoms with E-state index in [1.807, 2.05) is 0 Å². The molecule has 0 aliphatic rings. The highest BCUT2D eigenvalue weighted by Crippen LogP contribution is 2.37. The average molecular weight is 645 g/mol. The summed E-state index contributed by atoms with van der Waals surface area (Å²) in [5, 5.41) is 3.99. The molecule has 14 heteroatoms. The molecule has 45 heavy (non-hydrogen) atoms. The van der Waals surface area contributed by atoms with Gasteiger partial charge in [0.15, 0.2) is 0 Å². The van der Waals surface area contributed by atoms with Crippen molar-refractivity contribution >= 4 is 55.0 Å². The van der Waals surface area contributed by atoms with Gasteiger partial charge in [0.2, 0.25) is 0 Å². The molecule has 0 saturated carbocycles. The first-order valence-corrected chi connectivity index (χ1v) is 15.3. The van der Waals surface area contributed by atoms with Crippen molar-refractivity contribution in [3.63, 3.8) is 0 Å². The number of ether oxygens (including phenoxy) is 2. The Morgan fingerprint density at radius 1 is 0.733 bits per heavy atom. The minimum atomic E-state index is -0.862. The van der Waals surface area contributed by atoms with E-state index in [2.05, 4.69) is 9.97 Å². The third kappa shape index (κ3) is 4.65. The Kier molecular flexibility index (Phi) is 7.46. The first-order valence-electron chi connectivity index (χ1n) is 13.6. The molecule has 4 heterocycles. The number of aromatic amines is 2. The van der Waals surface area contributed by atoms with Crippen molar-refractivity contribution in [3.8, 4) is 22.5 Å².